The molecule has 0 spiro atoms. The van der Waals surface area contributed by atoms with E-state index < -0.39 is 0 Å². The lowest BCUT2D eigenvalue weighted by molar-refractivity contribution is -0.133. The first-order valence-corrected chi connectivity index (χ1v) is 9.51. The van der Waals surface area contributed by atoms with Crippen molar-refractivity contribution in [2.24, 2.45) is 0 Å². The third-order valence-corrected chi connectivity index (χ3v) is 5.38. The van der Waals surface area contributed by atoms with Crippen LogP contribution in [0.1, 0.15) is 46.8 Å². The zero-order valence-electron chi connectivity index (χ0n) is 15.5. The number of carbonyl (C=O) groups excluding carboxylic acids is 2. The quantitative estimate of drug-likeness (QED) is 0.906. The Morgan fingerprint density at radius 3 is 2.56 bits per heavy atom. The fourth-order valence-electron chi connectivity index (χ4n) is 3.82. The molecule has 0 saturated carbocycles. The Hall–Kier alpha value is -2.82. The standard InChI is InChI=1S/C22H24N2O3/c1-15-6-8-16(9-7-15)27-17-10-12-24(13-11-17)21(25)14-20-18-4-2-3-5-19(18)22(26)23-20/h2-9,17,20H,10-14H2,1H3,(H,23,26)/t20-/m0/s1. The maximum atomic E-state index is 12.7. The second-order valence-corrected chi connectivity index (χ2v) is 7.33. The highest BCUT2D eigenvalue weighted by molar-refractivity contribution is 5.99. The fraction of sp³-hybridized carbons (Fsp3) is 0.364. The minimum Gasteiger partial charge on any atom is -0.490 e. The first kappa shape index (κ1) is 17.6. The van der Waals surface area contributed by atoms with Gasteiger partial charge in [0.05, 0.1) is 12.5 Å². The lowest BCUT2D eigenvalue weighted by atomic mass is 10.0. The van der Waals surface area contributed by atoms with Gasteiger partial charge >= 0.3 is 0 Å². The summed E-state index contributed by atoms with van der Waals surface area (Å²) in [6.07, 6.45) is 2.11. The van der Waals surface area contributed by atoms with E-state index in [1.165, 1.54) is 5.56 Å². The van der Waals surface area contributed by atoms with Gasteiger partial charge in [0, 0.05) is 31.5 Å². The van der Waals surface area contributed by atoms with Crippen molar-refractivity contribution in [2.45, 2.75) is 38.3 Å². The molecule has 5 nitrogen and oxygen atoms in total. The van der Waals surface area contributed by atoms with Crippen molar-refractivity contribution in [2.75, 3.05) is 13.1 Å². The highest BCUT2D eigenvalue weighted by Crippen LogP contribution is 2.28. The van der Waals surface area contributed by atoms with Crippen LogP contribution in [-0.2, 0) is 4.79 Å². The number of amides is 2. The molecule has 0 radical (unpaired) electrons. The van der Waals surface area contributed by atoms with Crippen LogP contribution in [0.15, 0.2) is 48.5 Å². The smallest absolute Gasteiger partial charge is 0.252 e. The van der Waals surface area contributed by atoms with Gasteiger partial charge in [-0.1, -0.05) is 35.9 Å². The van der Waals surface area contributed by atoms with Gasteiger partial charge in [0.15, 0.2) is 0 Å². The number of carbonyl (C=O) groups is 2. The zero-order chi connectivity index (χ0) is 18.8. The minimum absolute atomic E-state index is 0.0887. The van der Waals surface area contributed by atoms with E-state index in [2.05, 4.69) is 12.2 Å². The van der Waals surface area contributed by atoms with Crippen LogP contribution in [0.2, 0.25) is 0 Å². The molecule has 140 valence electrons. The number of nitrogens with zero attached hydrogens (tertiary/aromatic N) is 1. The van der Waals surface area contributed by atoms with E-state index in [9.17, 15) is 9.59 Å². The normalized spacial score (nSPS) is 19.5. The maximum absolute atomic E-state index is 12.7. The van der Waals surface area contributed by atoms with Gasteiger partial charge in [-0.2, -0.15) is 0 Å². The number of hydrogen-bond donors (Lipinski definition) is 1. The number of likely N-dealkylation sites (tertiary alicyclic amines) is 1. The molecule has 5 heteroatoms. The summed E-state index contributed by atoms with van der Waals surface area (Å²) < 4.78 is 6.04. The summed E-state index contributed by atoms with van der Waals surface area (Å²) in [5.41, 5.74) is 2.82. The Kier molecular flexibility index (Phi) is 4.84. The molecular weight excluding hydrogens is 340 g/mol. The van der Waals surface area contributed by atoms with Crippen LogP contribution in [0.4, 0.5) is 0 Å². The van der Waals surface area contributed by atoms with Crippen LogP contribution in [-0.4, -0.2) is 35.9 Å². The third-order valence-electron chi connectivity index (χ3n) is 5.38. The summed E-state index contributed by atoms with van der Waals surface area (Å²) in [6, 6.07) is 15.3. The van der Waals surface area contributed by atoms with Gasteiger partial charge in [0.2, 0.25) is 5.91 Å². The van der Waals surface area contributed by atoms with Crippen molar-refractivity contribution in [3.8, 4) is 5.75 Å². The highest BCUT2D eigenvalue weighted by Gasteiger charge is 2.32. The number of piperidine rings is 1. The number of ether oxygens (including phenoxy) is 1. The number of nitrogens with one attached hydrogen (secondary N) is 1. The molecule has 0 unspecified atom stereocenters. The summed E-state index contributed by atoms with van der Waals surface area (Å²) >= 11 is 0. The van der Waals surface area contributed by atoms with E-state index in [4.69, 9.17) is 4.74 Å². The lowest BCUT2D eigenvalue weighted by Gasteiger charge is -2.33. The average Bonchev–Trinajstić information content (AvgIpc) is 3.00. The summed E-state index contributed by atoms with van der Waals surface area (Å²) in [5.74, 6) is 0.884. The topological polar surface area (TPSA) is 58.6 Å². The molecule has 2 aromatic carbocycles. The fourth-order valence-corrected chi connectivity index (χ4v) is 3.82. The van der Waals surface area contributed by atoms with Crippen molar-refractivity contribution < 1.29 is 14.3 Å². The van der Waals surface area contributed by atoms with Crippen molar-refractivity contribution in [3.05, 3.63) is 65.2 Å². The summed E-state index contributed by atoms with van der Waals surface area (Å²) in [7, 11) is 0. The van der Waals surface area contributed by atoms with Crippen molar-refractivity contribution >= 4 is 11.8 Å². The number of hydrogen-bond acceptors (Lipinski definition) is 3. The van der Waals surface area contributed by atoms with Gasteiger partial charge in [-0.25, -0.2) is 0 Å². The van der Waals surface area contributed by atoms with E-state index >= 15 is 0 Å². The summed E-state index contributed by atoms with van der Waals surface area (Å²) in [4.78, 5) is 26.6. The Balaban J connectivity index is 1.30. The van der Waals surface area contributed by atoms with Gasteiger partial charge < -0.3 is 15.0 Å². The lowest BCUT2D eigenvalue weighted by Crippen LogP contribution is -2.42. The Morgan fingerprint density at radius 1 is 1.11 bits per heavy atom. The zero-order valence-corrected chi connectivity index (χ0v) is 15.5. The predicted octanol–water partition coefficient (Wildman–Crippen LogP) is 3.24. The van der Waals surface area contributed by atoms with E-state index in [1.54, 1.807) is 0 Å². The second-order valence-electron chi connectivity index (χ2n) is 7.33. The Morgan fingerprint density at radius 2 is 1.81 bits per heavy atom. The minimum atomic E-state index is -0.220. The number of benzene rings is 2. The molecule has 0 aliphatic carbocycles. The molecule has 1 atom stereocenters. The highest BCUT2D eigenvalue weighted by atomic mass is 16.5. The number of rotatable bonds is 4. The third kappa shape index (κ3) is 3.82. The molecule has 4 rings (SSSR count). The van der Waals surface area contributed by atoms with E-state index in [1.807, 2.05) is 53.4 Å². The first-order chi connectivity index (χ1) is 13.1. The predicted molar refractivity (Wildman–Crippen MR) is 103 cm³/mol. The molecule has 2 amide bonds. The van der Waals surface area contributed by atoms with Crippen LogP contribution in [0.3, 0.4) is 0 Å². The maximum Gasteiger partial charge on any atom is 0.252 e. The molecule has 2 aliphatic heterocycles. The molecule has 27 heavy (non-hydrogen) atoms. The summed E-state index contributed by atoms with van der Waals surface area (Å²) in [6.45, 7) is 3.44. The largest absolute Gasteiger partial charge is 0.490 e. The molecule has 1 N–H and O–H groups in total. The molecule has 2 heterocycles. The van der Waals surface area contributed by atoms with Crippen LogP contribution < -0.4 is 10.1 Å². The van der Waals surface area contributed by atoms with Gasteiger partial charge in [-0.3, -0.25) is 9.59 Å². The first-order valence-electron chi connectivity index (χ1n) is 9.51. The Bertz CT molecular complexity index is 839. The summed E-state index contributed by atoms with van der Waals surface area (Å²) in [5, 5.41) is 2.92. The van der Waals surface area contributed by atoms with Gasteiger partial charge in [0.25, 0.3) is 5.91 Å². The molecule has 2 aliphatic rings. The van der Waals surface area contributed by atoms with Gasteiger partial charge in [-0.15, -0.1) is 0 Å². The van der Waals surface area contributed by atoms with Crippen molar-refractivity contribution in [1.82, 2.24) is 10.2 Å². The van der Waals surface area contributed by atoms with Crippen LogP contribution in [0.5, 0.6) is 5.75 Å². The monoisotopic (exact) mass is 364 g/mol. The number of fused-ring (bicyclic) bond motifs is 1. The van der Waals surface area contributed by atoms with Crippen LogP contribution >= 0.6 is 0 Å². The number of aryl methyl sites for hydroxylation is 1. The Labute approximate surface area is 159 Å². The van der Waals surface area contributed by atoms with Crippen LogP contribution in [0, 0.1) is 6.92 Å². The second kappa shape index (κ2) is 7.43. The van der Waals surface area contributed by atoms with E-state index in [-0.39, 0.29) is 24.0 Å². The van der Waals surface area contributed by atoms with Crippen molar-refractivity contribution in [3.63, 3.8) is 0 Å². The molecule has 1 fully saturated rings. The van der Waals surface area contributed by atoms with Gasteiger partial charge in [0.1, 0.15) is 11.9 Å². The molecular formula is C22H24N2O3. The molecule has 2 aromatic rings. The van der Waals surface area contributed by atoms with Crippen molar-refractivity contribution in [1.29, 1.82) is 0 Å². The van der Waals surface area contributed by atoms with E-state index in [0.29, 0.717) is 25.1 Å². The van der Waals surface area contributed by atoms with Gasteiger partial charge in [-0.05, 0) is 30.7 Å². The average molecular weight is 364 g/mol. The molecule has 1 saturated heterocycles. The molecule has 0 aromatic heterocycles. The van der Waals surface area contributed by atoms with E-state index in [0.717, 1.165) is 24.2 Å². The SMILES string of the molecule is Cc1ccc(OC2CCN(C(=O)C[C@@H]3NC(=O)c4ccccc43)CC2)cc1. The van der Waals surface area contributed by atoms with Crippen LogP contribution in [0.25, 0.3) is 0 Å². The molecule has 0 bridgehead atoms.